The Bertz CT molecular complexity index is 821. The molecule has 24 heavy (non-hydrogen) atoms. The average Bonchev–Trinajstić information content (AvgIpc) is 2.97. The van der Waals surface area contributed by atoms with E-state index in [2.05, 4.69) is 41.4 Å². The number of carbonyl (C=O) groups is 1. The van der Waals surface area contributed by atoms with Gasteiger partial charge >= 0.3 is 5.97 Å². The zero-order valence-electron chi connectivity index (χ0n) is 13.9. The molecule has 0 bridgehead atoms. The van der Waals surface area contributed by atoms with Crippen molar-refractivity contribution in [1.29, 1.82) is 0 Å². The lowest BCUT2D eigenvalue weighted by Crippen LogP contribution is -2.08. The number of benzene rings is 2. The SMILES string of the molecule is CCOC(=O)c1ncn(Cc2ccc(-c3ccccc3)cc2)c1C. The lowest BCUT2D eigenvalue weighted by atomic mass is 10.0. The van der Waals surface area contributed by atoms with Gasteiger partial charge in [-0.25, -0.2) is 9.78 Å². The van der Waals surface area contributed by atoms with Gasteiger partial charge in [-0.05, 0) is 30.5 Å². The smallest absolute Gasteiger partial charge is 0.358 e. The fourth-order valence-electron chi connectivity index (χ4n) is 2.63. The summed E-state index contributed by atoms with van der Waals surface area (Å²) in [6.45, 7) is 4.70. The summed E-state index contributed by atoms with van der Waals surface area (Å²) in [6.07, 6.45) is 1.69. The predicted octanol–water partition coefficient (Wildman–Crippen LogP) is 4.08. The van der Waals surface area contributed by atoms with Crippen LogP contribution in [0.25, 0.3) is 11.1 Å². The van der Waals surface area contributed by atoms with Gasteiger partial charge in [-0.1, -0.05) is 54.6 Å². The Morgan fingerprint density at radius 3 is 2.38 bits per heavy atom. The Morgan fingerprint density at radius 2 is 1.71 bits per heavy atom. The molecule has 0 radical (unpaired) electrons. The summed E-state index contributed by atoms with van der Waals surface area (Å²) in [5.41, 5.74) is 4.75. The second-order valence-corrected chi connectivity index (χ2v) is 5.59. The maximum absolute atomic E-state index is 11.8. The van der Waals surface area contributed by atoms with E-state index in [0.717, 1.165) is 11.3 Å². The summed E-state index contributed by atoms with van der Waals surface area (Å²) >= 11 is 0. The van der Waals surface area contributed by atoms with Gasteiger partial charge in [0.2, 0.25) is 0 Å². The molecule has 3 rings (SSSR count). The van der Waals surface area contributed by atoms with E-state index in [9.17, 15) is 4.79 Å². The Labute approximate surface area is 141 Å². The number of hydrogen-bond donors (Lipinski definition) is 0. The number of esters is 1. The Balaban J connectivity index is 1.76. The van der Waals surface area contributed by atoms with Gasteiger partial charge in [-0.15, -0.1) is 0 Å². The van der Waals surface area contributed by atoms with E-state index >= 15 is 0 Å². The molecular weight excluding hydrogens is 300 g/mol. The van der Waals surface area contributed by atoms with Crippen LogP contribution in [0.4, 0.5) is 0 Å². The zero-order valence-corrected chi connectivity index (χ0v) is 13.9. The molecule has 0 aliphatic carbocycles. The minimum Gasteiger partial charge on any atom is -0.461 e. The van der Waals surface area contributed by atoms with Crippen molar-refractivity contribution in [3.8, 4) is 11.1 Å². The number of carbonyl (C=O) groups excluding carboxylic acids is 1. The highest BCUT2D eigenvalue weighted by molar-refractivity contribution is 5.88. The van der Waals surface area contributed by atoms with E-state index in [0.29, 0.717) is 18.8 Å². The summed E-state index contributed by atoms with van der Waals surface area (Å²) in [5, 5.41) is 0. The average molecular weight is 320 g/mol. The molecule has 0 unspecified atom stereocenters. The number of aromatic nitrogens is 2. The molecule has 2 aromatic carbocycles. The molecule has 1 aromatic heterocycles. The molecule has 0 fully saturated rings. The Morgan fingerprint density at radius 1 is 1.04 bits per heavy atom. The highest BCUT2D eigenvalue weighted by Crippen LogP contribution is 2.20. The summed E-state index contributed by atoms with van der Waals surface area (Å²) in [4.78, 5) is 16.0. The third kappa shape index (κ3) is 3.38. The number of hydrogen-bond acceptors (Lipinski definition) is 3. The topological polar surface area (TPSA) is 44.1 Å². The summed E-state index contributed by atoms with van der Waals surface area (Å²) in [5.74, 6) is -0.367. The van der Waals surface area contributed by atoms with Crippen LogP contribution in [0, 0.1) is 6.92 Å². The highest BCUT2D eigenvalue weighted by atomic mass is 16.5. The Hall–Kier alpha value is -2.88. The van der Waals surface area contributed by atoms with Gasteiger partial charge in [-0.2, -0.15) is 0 Å². The van der Waals surface area contributed by atoms with Crippen LogP contribution in [-0.2, 0) is 11.3 Å². The molecule has 0 N–H and O–H groups in total. The molecule has 4 heteroatoms. The van der Waals surface area contributed by atoms with Gasteiger partial charge in [0.05, 0.1) is 12.9 Å². The first kappa shape index (κ1) is 16.0. The quantitative estimate of drug-likeness (QED) is 0.665. The predicted molar refractivity (Wildman–Crippen MR) is 93.9 cm³/mol. The van der Waals surface area contributed by atoms with Crippen LogP contribution in [0.3, 0.4) is 0 Å². The molecular formula is C20H20N2O2. The first-order valence-corrected chi connectivity index (χ1v) is 8.02. The molecule has 122 valence electrons. The van der Waals surface area contributed by atoms with Gasteiger partial charge in [0.15, 0.2) is 5.69 Å². The number of rotatable bonds is 5. The van der Waals surface area contributed by atoms with Gasteiger partial charge < -0.3 is 9.30 Å². The molecule has 0 spiro atoms. The van der Waals surface area contributed by atoms with Crippen LogP contribution in [0.1, 0.15) is 28.7 Å². The van der Waals surface area contributed by atoms with Crippen LogP contribution in [-0.4, -0.2) is 22.1 Å². The van der Waals surface area contributed by atoms with Gasteiger partial charge in [0.1, 0.15) is 0 Å². The second kappa shape index (κ2) is 7.13. The van der Waals surface area contributed by atoms with E-state index in [1.165, 1.54) is 11.1 Å². The lowest BCUT2D eigenvalue weighted by Gasteiger charge is -2.08. The second-order valence-electron chi connectivity index (χ2n) is 5.59. The van der Waals surface area contributed by atoms with Gasteiger partial charge in [-0.3, -0.25) is 0 Å². The normalized spacial score (nSPS) is 10.6. The molecule has 1 heterocycles. The standard InChI is InChI=1S/C20H20N2O2/c1-3-24-20(23)19-15(2)22(14-21-19)13-16-9-11-18(12-10-16)17-7-5-4-6-8-17/h4-12,14H,3,13H2,1-2H3. The zero-order chi connectivity index (χ0) is 16.9. The largest absolute Gasteiger partial charge is 0.461 e. The minimum absolute atomic E-state index is 0.353. The van der Waals surface area contributed by atoms with Gasteiger partial charge in [0.25, 0.3) is 0 Å². The first-order chi connectivity index (χ1) is 11.7. The van der Waals surface area contributed by atoms with Crippen LogP contribution in [0.15, 0.2) is 60.9 Å². The minimum atomic E-state index is -0.367. The Kier molecular flexibility index (Phi) is 4.75. The van der Waals surface area contributed by atoms with Crippen LogP contribution in [0.2, 0.25) is 0 Å². The van der Waals surface area contributed by atoms with E-state index < -0.39 is 0 Å². The van der Waals surface area contributed by atoms with Crippen molar-refractivity contribution in [1.82, 2.24) is 9.55 Å². The van der Waals surface area contributed by atoms with Crippen molar-refractivity contribution in [3.63, 3.8) is 0 Å². The fourth-order valence-corrected chi connectivity index (χ4v) is 2.63. The molecule has 0 saturated heterocycles. The van der Waals surface area contributed by atoms with Crippen molar-refractivity contribution in [2.75, 3.05) is 6.61 Å². The number of nitrogens with zero attached hydrogens (tertiary/aromatic N) is 2. The van der Waals surface area contributed by atoms with Crippen molar-refractivity contribution in [2.24, 2.45) is 0 Å². The van der Waals surface area contributed by atoms with Crippen LogP contribution in [0.5, 0.6) is 0 Å². The maximum Gasteiger partial charge on any atom is 0.358 e. The molecule has 0 aliphatic heterocycles. The molecule has 0 amide bonds. The third-order valence-corrected chi connectivity index (χ3v) is 3.98. The molecule has 0 atom stereocenters. The van der Waals surface area contributed by atoms with E-state index in [4.69, 9.17) is 4.74 Å². The van der Waals surface area contributed by atoms with Crippen molar-refractivity contribution >= 4 is 5.97 Å². The van der Waals surface area contributed by atoms with E-state index in [-0.39, 0.29) is 5.97 Å². The number of ether oxygens (including phenoxy) is 1. The van der Waals surface area contributed by atoms with Crippen molar-refractivity contribution in [2.45, 2.75) is 20.4 Å². The summed E-state index contributed by atoms with van der Waals surface area (Å²) in [6, 6.07) is 18.7. The van der Waals surface area contributed by atoms with Gasteiger partial charge in [0, 0.05) is 12.2 Å². The highest BCUT2D eigenvalue weighted by Gasteiger charge is 2.15. The van der Waals surface area contributed by atoms with Crippen molar-refractivity contribution in [3.05, 3.63) is 77.9 Å². The summed E-state index contributed by atoms with van der Waals surface area (Å²) in [7, 11) is 0. The first-order valence-electron chi connectivity index (χ1n) is 8.02. The van der Waals surface area contributed by atoms with Crippen molar-refractivity contribution < 1.29 is 9.53 Å². The third-order valence-electron chi connectivity index (χ3n) is 3.98. The molecule has 0 saturated carbocycles. The molecule has 4 nitrogen and oxygen atoms in total. The lowest BCUT2D eigenvalue weighted by molar-refractivity contribution is 0.0519. The fraction of sp³-hybridized carbons (Fsp3) is 0.200. The van der Waals surface area contributed by atoms with Crippen LogP contribution >= 0.6 is 0 Å². The van der Waals surface area contributed by atoms with E-state index in [1.807, 2.05) is 29.7 Å². The monoisotopic (exact) mass is 320 g/mol. The van der Waals surface area contributed by atoms with Crippen LogP contribution < -0.4 is 0 Å². The van der Waals surface area contributed by atoms with E-state index in [1.54, 1.807) is 13.3 Å². The molecule has 0 aliphatic rings. The summed E-state index contributed by atoms with van der Waals surface area (Å²) < 4.78 is 6.98. The maximum atomic E-state index is 11.8. The molecule has 3 aromatic rings. The number of imidazole rings is 1.